The molecule has 0 radical (unpaired) electrons. The number of carbonyl (C=O) groups is 1. The van der Waals surface area contributed by atoms with Crippen LogP contribution in [0.1, 0.15) is 35.9 Å². The molecule has 7 heteroatoms. The van der Waals surface area contributed by atoms with Crippen LogP contribution in [0, 0.1) is 5.92 Å². The summed E-state index contributed by atoms with van der Waals surface area (Å²) in [5.41, 5.74) is 5.90. The van der Waals surface area contributed by atoms with Gasteiger partial charge in [0, 0.05) is 20.2 Å². The average molecular weight is 310 g/mol. The lowest BCUT2D eigenvalue weighted by molar-refractivity contribution is 0.0731. The Morgan fingerprint density at radius 2 is 2.29 bits per heavy atom. The zero-order valence-corrected chi connectivity index (χ0v) is 13.3. The van der Waals surface area contributed by atoms with Gasteiger partial charge < -0.3 is 20.7 Å². The number of hydrogen-bond acceptors (Lipinski definition) is 6. The molecule has 2 fully saturated rings. The summed E-state index contributed by atoms with van der Waals surface area (Å²) in [5.74, 6) is 0.815. The number of nitrogen functional groups attached to an aromatic ring is 1. The first-order valence-corrected chi connectivity index (χ1v) is 8.31. The molecule has 21 heavy (non-hydrogen) atoms. The number of ether oxygens (including phenoxy) is 1. The average Bonchev–Trinajstić information content (AvgIpc) is 3.09. The van der Waals surface area contributed by atoms with Gasteiger partial charge >= 0.3 is 0 Å². The van der Waals surface area contributed by atoms with E-state index in [1.54, 1.807) is 0 Å². The van der Waals surface area contributed by atoms with Crippen LogP contribution in [0.4, 0.5) is 10.9 Å². The van der Waals surface area contributed by atoms with Crippen LogP contribution in [0.5, 0.6) is 0 Å². The highest BCUT2D eigenvalue weighted by Gasteiger charge is 2.41. The Hall–Kier alpha value is -1.34. The van der Waals surface area contributed by atoms with E-state index in [1.165, 1.54) is 24.2 Å². The van der Waals surface area contributed by atoms with Crippen molar-refractivity contribution in [2.45, 2.75) is 38.3 Å². The molecule has 0 aromatic carbocycles. The molecule has 3 rings (SSSR count). The van der Waals surface area contributed by atoms with Crippen LogP contribution < -0.4 is 16.0 Å². The fourth-order valence-corrected chi connectivity index (χ4v) is 3.58. The number of nitrogens with two attached hydrogens (primary N) is 1. The van der Waals surface area contributed by atoms with Gasteiger partial charge in [-0.05, 0) is 32.1 Å². The van der Waals surface area contributed by atoms with Gasteiger partial charge in [-0.3, -0.25) is 4.79 Å². The summed E-state index contributed by atoms with van der Waals surface area (Å²) in [6, 6.07) is 0.110. The predicted octanol–water partition coefficient (Wildman–Crippen LogP) is 1.48. The Labute approximate surface area is 128 Å². The van der Waals surface area contributed by atoms with Crippen LogP contribution in [-0.4, -0.2) is 43.2 Å². The summed E-state index contributed by atoms with van der Waals surface area (Å²) < 4.78 is 5.75. The minimum absolute atomic E-state index is 0.110. The maximum absolute atomic E-state index is 12.4. The summed E-state index contributed by atoms with van der Waals surface area (Å²) >= 11 is 1.35. The van der Waals surface area contributed by atoms with E-state index in [2.05, 4.69) is 10.3 Å². The van der Waals surface area contributed by atoms with Gasteiger partial charge in [0.05, 0.1) is 12.1 Å². The summed E-state index contributed by atoms with van der Waals surface area (Å²) in [4.78, 5) is 19.2. The molecule has 6 nitrogen and oxygen atoms in total. The van der Waals surface area contributed by atoms with Gasteiger partial charge in [0.1, 0.15) is 10.7 Å². The molecule has 1 amide bonds. The smallest absolute Gasteiger partial charge is 0.265 e. The van der Waals surface area contributed by atoms with Crippen molar-refractivity contribution in [3.8, 4) is 0 Å². The molecule has 2 aliphatic rings. The van der Waals surface area contributed by atoms with Gasteiger partial charge in [-0.2, -0.15) is 0 Å². The lowest BCUT2D eigenvalue weighted by Crippen LogP contribution is -2.41. The number of hydrogen-bond donors (Lipinski definition) is 2. The Bertz CT molecular complexity index is 529. The van der Waals surface area contributed by atoms with Crippen molar-refractivity contribution in [3.63, 3.8) is 0 Å². The fraction of sp³-hybridized carbons (Fsp3) is 0.714. The number of anilines is 2. The van der Waals surface area contributed by atoms with Crippen LogP contribution in [0.25, 0.3) is 0 Å². The fourth-order valence-electron chi connectivity index (χ4n) is 2.67. The molecule has 0 bridgehead atoms. The van der Waals surface area contributed by atoms with Gasteiger partial charge in [-0.1, -0.05) is 11.3 Å². The maximum atomic E-state index is 12.4. The molecule has 1 aliphatic heterocycles. The Morgan fingerprint density at radius 1 is 1.52 bits per heavy atom. The van der Waals surface area contributed by atoms with Gasteiger partial charge in [0.25, 0.3) is 5.91 Å². The first kappa shape index (κ1) is 14.6. The first-order valence-electron chi connectivity index (χ1n) is 7.50. The first-order chi connectivity index (χ1) is 10.1. The monoisotopic (exact) mass is 310 g/mol. The molecule has 2 atom stereocenters. The van der Waals surface area contributed by atoms with E-state index >= 15 is 0 Å². The number of nitrogens with zero attached hydrogens (tertiary/aromatic N) is 2. The molecule has 2 heterocycles. The summed E-state index contributed by atoms with van der Waals surface area (Å²) in [7, 11) is 1.94. The van der Waals surface area contributed by atoms with Crippen LogP contribution in [0.3, 0.4) is 0 Å². The predicted molar refractivity (Wildman–Crippen MR) is 83.8 cm³/mol. The molecule has 1 aromatic rings. The van der Waals surface area contributed by atoms with E-state index in [4.69, 9.17) is 10.5 Å². The third-order valence-corrected chi connectivity index (χ3v) is 5.37. The SMILES string of the molecule is CCN(C)c1nc(N)c(C(=O)NC2CCOC2C2CC2)s1. The number of rotatable bonds is 5. The number of nitrogens with one attached hydrogen (secondary N) is 1. The number of carbonyl (C=O) groups excluding carboxylic acids is 1. The third kappa shape index (κ3) is 2.98. The van der Waals surface area contributed by atoms with Crippen LogP contribution in [0.15, 0.2) is 0 Å². The molecule has 1 aromatic heterocycles. The second-order valence-electron chi connectivity index (χ2n) is 5.77. The zero-order chi connectivity index (χ0) is 15.0. The van der Waals surface area contributed by atoms with Gasteiger partial charge in [-0.15, -0.1) is 0 Å². The van der Waals surface area contributed by atoms with Crippen molar-refractivity contribution in [1.82, 2.24) is 10.3 Å². The van der Waals surface area contributed by atoms with Crippen LogP contribution in [0.2, 0.25) is 0 Å². The minimum Gasteiger partial charge on any atom is -0.382 e. The molecule has 2 unspecified atom stereocenters. The summed E-state index contributed by atoms with van der Waals surface area (Å²) in [6.45, 7) is 3.59. The Kier molecular flexibility index (Phi) is 4.03. The third-order valence-electron chi connectivity index (χ3n) is 4.19. The normalized spacial score (nSPS) is 25.0. The zero-order valence-electron chi connectivity index (χ0n) is 12.5. The lowest BCUT2D eigenvalue weighted by atomic mass is 10.1. The minimum atomic E-state index is -0.123. The maximum Gasteiger partial charge on any atom is 0.265 e. The van der Waals surface area contributed by atoms with E-state index < -0.39 is 0 Å². The van der Waals surface area contributed by atoms with Crippen LogP contribution >= 0.6 is 11.3 Å². The van der Waals surface area contributed by atoms with Crippen molar-refractivity contribution in [2.75, 3.05) is 30.8 Å². The van der Waals surface area contributed by atoms with Crippen molar-refractivity contribution in [1.29, 1.82) is 0 Å². The molecule has 1 aliphatic carbocycles. The van der Waals surface area contributed by atoms with Crippen molar-refractivity contribution < 1.29 is 9.53 Å². The number of thiazole rings is 1. The van der Waals surface area contributed by atoms with Crippen molar-refractivity contribution in [2.24, 2.45) is 5.92 Å². The Balaban J connectivity index is 1.68. The molecule has 1 saturated heterocycles. The number of amides is 1. The second kappa shape index (κ2) is 5.81. The molecular weight excluding hydrogens is 288 g/mol. The molecule has 0 spiro atoms. The standard InChI is InChI=1S/C14H22N4O2S/c1-3-18(2)14-17-12(15)11(21-14)13(19)16-9-6-7-20-10(9)8-4-5-8/h8-10H,3-7,15H2,1-2H3,(H,16,19). The van der Waals surface area contributed by atoms with Gasteiger partial charge in [0.2, 0.25) is 0 Å². The van der Waals surface area contributed by atoms with E-state index in [-0.39, 0.29) is 18.1 Å². The van der Waals surface area contributed by atoms with E-state index in [9.17, 15) is 4.79 Å². The quantitative estimate of drug-likeness (QED) is 0.861. The van der Waals surface area contributed by atoms with Crippen molar-refractivity contribution in [3.05, 3.63) is 4.88 Å². The molecular formula is C14H22N4O2S. The second-order valence-corrected chi connectivity index (χ2v) is 6.74. The molecule has 1 saturated carbocycles. The number of aromatic nitrogens is 1. The summed E-state index contributed by atoms with van der Waals surface area (Å²) in [5, 5.41) is 3.86. The summed E-state index contributed by atoms with van der Waals surface area (Å²) in [6.07, 6.45) is 3.49. The highest BCUT2D eigenvalue weighted by Crippen LogP contribution is 2.39. The topological polar surface area (TPSA) is 80.5 Å². The van der Waals surface area contributed by atoms with Crippen LogP contribution in [-0.2, 0) is 4.74 Å². The Morgan fingerprint density at radius 3 is 2.95 bits per heavy atom. The largest absolute Gasteiger partial charge is 0.382 e. The van der Waals surface area contributed by atoms with Gasteiger partial charge in [-0.25, -0.2) is 4.98 Å². The highest BCUT2D eigenvalue weighted by molar-refractivity contribution is 7.18. The lowest BCUT2D eigenvalue weighted by Gasteiger charge is -2.19. The van der Waals surface area contributed by atoms with E-state index in [1.807, 2.05) is 18.9 Å². The highest BCUT2D eigenvalue weighted by atomic mass is 32.1. The van der Waals surface area contributed by atoms with E-state index in [0.29, 0.717) is 16.6 Å². The van der Waals surface area contributed by atoms with E-state index in [0.717, 1.165) is 24.7 Å². The molecule has 3 N–H and O–H groups in total. The molecule has 116 valence electrons. The van der Waals surface area contributed by atoms with Crippen molar-refractivity contribution >= 4 is 28.2 Å². The van der Waals surface area contributed by atoms with Gasteiger partial charge in [0.15, 0.2) is 5.13 Å².